The summed E-state index contributed by atoms with van der Waals surface area (Å²) in [4.78, 5) is 23.9. The van der Waals surface area contributed by atoms with Gasteiger partial charge in [0, 0.05) is 57.4 Å². The zero-order valence-electron chi connectivity index (χ0n) is 17.3. The maximum Gasteiger partial charge on any atom is 0.256 e. The molecule has 0 N–H and O–H groups in total. The van der Waals surface area contributed by atoms with Gasteiger partial charge in [-0.1, -0.05) is 11.6 Å². The lowest BCUT2D eigenvalue weighted by atomic mass is 10.1. The molecule has 0 unspecified atom stereocenters. The highest BCUT2D eigenvalue weighted by atomic mass is 35.5. The van der Waals surface area contributed by atoms with E-state index in [1.807, 2.05) is 6.07 Å². The van der Waals surface area contributed by atoms with E-state index in [1.54, 1.807) is 29.3 Å². The van der Waals surface area contributed by atoms with Crippen molar-refractivity contribution in [3.63, 3.8) is 0 Å². The zero-order chi connectivity index (χ0) is 22.0. The summed E-state index contributed by atoms with van der Waals surface area (Å²) < 4.78 is 29.7. The fraction of sp³-hybridized carbons (Fsp3) is 0.429. The van der Waals surface area contributed by atoms with Crippen molar-refractivity contribution in [1.82, 2.24) is 9.88 Å². The molecular formula is C21H25ClN4O4S. The maximum absolute atomic E-state index is 13.5. The summed E-state index contributed by atoms with van der Waals surface area (Å²) in [5, 5.41) is 0.582. The highest BCUT2D eigenvalue weighted by Crippen LogP contribution is 2.27. The Morgan fingerprint density at radius 1 is 1.00 bits per heavy atom. The predicted octanol–water partition coefficient (Wildman–Crippen LogP) is 1.94. The van der Waals surface area contributed by atoms with Crippen molar-refractivity contribution in [3.8, 4) is 0 Å². The van der Waals surface area contributed by atoms with Crippen molar-refractivity contribution in [1.29, 1.82) is 0 Å². The van der Waals surface area contributed by atoms with E-state index in [0.29, 0.717) is 63.1 Å². The molecule has 0 radical (unpaired) electrons. The lowest BCUT2D eigenvalue weighted by Crippen LogP contribution is -2.49. The van der Waals surface area contributed by atoms with E-state index in [4.69, 9.17) is 16.3 Å². The number of carbonyl (C=O) groups is 1. The summed E-state index contributed by atoms with van der Waals surface area (Å²) in [6, 6.07) is 8.48. The average molecular weight is 465 g/mol. The Hall–Kier alpha value is -2.36. The number of amides is 1. The molecule has 10 heteroatoms. The molecule has 31 heavy (non-hydrogen) atoms. The Bertz CT molecular complexity index is 1050. The summed E-state index contributed by atoms with van der Waals surface area (Å²) >= 11 is 5.92. The second kappa shape index (κ2) is 9.02. The molecule has 2 aromatic rings. The first kappa shape index (κ1) is 21.9. The molecule has 2 aliphatic rings. The summed E-state index contributed by atoms with van der Waals surface area (Å²) in [6.07, 6.45) is 2.77. The number of hydrogen-bond donors (Lipinski definition) is 0. The first-order valence-electron chi connectivity index (χ1n) is 10.2. The van der Waals surface area contributed by atoms with Crippen molar-refractivity contribution < 1.29 is 17.9 Å². The molecule has 1 aromatic carbocycles. The molecule has 166 valence electrons. The van der Waals surface area contributed by atoms with E-state index in [-0.39, 0.29) is 10.8 Å². The van der Waals surface area contributed by atoms with Gasteiger partial charge in [-0.3, -0.25) is 4.79 Å². The fourth-order valence-electron chi connectivity index (χ4n) is 3.86. The second-order valence-electron chi connectivity index (χ2n) is 7.66. The number of pyridine rings is 1. The molecular weight excluding hydrogens is 440 g/mol. The Morgan fingerprint density at radius 2 is 1.71 bits per heavy atom. The number of anilines is 2. The van der Waals surface area contributed by atoms with Crippen LogP contribution in [0.25, 0.3) is 0 Å². The Morgan fingerprint density at radius 3 is 2.32 bits per heavy atom. The van der Waals surface area contributed by atoms with Crippen LogP contribution in [0.2, 0.25) is 5.02 Å². The van der Waals surface area contributed by atoms with Crippen LogP contribution in [-0.2, 0) is 14.6 Å². The third kappa shape index (κ3) is 4.94. The summed E-state index contributed by atoms with van der Waals surface area (Å²) in [5.41, 5.74) is 1.17. The standard InChI is InChI=1S/C21H25ClN4O4S/c1-31(28,29)17-3-4-19(24-10-12-30-13-11-24)18(14-17)21(27)26-8-6-25(7-9-26)20-5-2-16(22)15-23-20/h2-5,14-15H,6-13H2,1H3. The number of hydrogen-bond acceptors (Lipinski definition) is 7. The first-order chi connectivity index (χ1) is 14.8. The average Bonchev–Trinajstić information content (AvgIpc) is 2.79. The molecule has 2 saturated heterocycles. The van der Waals surface area contributed by atoms with E-state index < -0.39 is 9.84 Å². The van der Waals surface area contributed by atoms with Gasteiger partial charge in [-0.15, -0.1) is 0 Å². The van der Waals surface area contributed by atoms with Gasteiger partial charge in [0.05, 0.1) is 28.7 Å². The highest BCUT2D eigenvalue weighted by Gasteiger charge is 2.27. The number of piperazine rings is 1. The van der Waals surface area contributed by atoms with Gasteiger partial charge in [-0.05, 0) is 30.3 Å². The van der Waals surface area contributed by atoms with Crippen molar-refractivity contribution in [2.75, 3.05) is 68.5 Å². The Labute approximate surface area is 187 Å². The van der Waals surface area contributed by atoms with Crippen LogP contribution in [0.1, 0.15) is 10.4 Å². The van der Waals surface area contributed by atoms with Crippen LogP contribution in [0.3, 0.4) is 0 Å². The number of carbonyl (C=O) groups excluding carboxylic acids is 1. The van der Waals surface area contributed by atoms with Gasteiger partial charge >= 0.3 is 0 Å². The highest BCUT2D eigenvalue weighted by molar-refractivity contribution is 7.90. The van der Waals surface area contributed by atoms with Gasteiger partial charge in [0.1, 0.15) is 5.82 Å². The van der Waals surface area contributed by atoms with E-state index in [1.165, 1.54) is 6.07 Å². The van der Waals surface area contributed by atoms with Gasteiger partial charge in [0.25, 0.3) is 5.91 Å². The van der Waals surface area contributed by atoms with Crippen molar-refractivity contribution in [2.24, 2.45) is 0 Å². The molecule has 0 spiro atoms. The number of aromatic nitrogens is 1. The van der Waals surface area contributed by atoms with Crippen LogP contribution in [0, 0.1) is 0 Å². The van der Waals surface area contributed by atoms with Crippen molar-refractivity contribution >= 4 is 38.9 Å². The Balaban J connectivity index is 1.56. The molecule has 2 fully saturated rings. The number of ether oxygens (including phenoxy) is 1. The van der Waals surface area contributed by atoms with Gasteiger partial charge in [0.15, 0.2) is 9.84 Å². The second-order valence-corrected chi connectivity index (χ2v) is 10.1. The van der Waals surface area contributed by atoms with Crippen LogP contribution >= 0.6 is 11.6 Å². The third-order valence-corrected chi connectivity index (χ3v) is 6.91. The van der Waals surface area contributed by atoms with Crippen molar-refractivity contribution in [2.45, 2.75) is 4.90 Å². The molecule has 4 rings (SSSR count). The molecule has 0 saturated carbocycles. The molecule has 3 heterocycles. The minimum Gasteiger partial charge on any atom is -0.378 e. The van der Waals surface area contributed by atoms with Gasteiger partial charge < -0.3 is 19.4 Å². The molecule has 0 bridgehead atoms. The monoisotopic (exact) mass is 464 g/mol. The minimum atomic E-state index is -3.43. The first-order valence-corrected chi connectivity index (χ1v) is 12.4. The van der Waals surface area contributed by atoms with E-state index >= 15 is 0 Å². The lowest BCUT2D eigenvalue weighted by Gasteiger charge is -2.36. The number of nitrogens with zero attached hydrogens (tertiary/aromatic N) is 4. The van der Waals surface area contributed by atoms with Gasteiger partial charge in [-0.25, -0.2) is 13.4 Å². The number of sulfone groups is 1. The molecule has 0 atom stereocenters. The van der Waals surface area contributed by atoms with Gasteiger partial charge in [0.2, 0.25) is 0 Å². The summed E-state index contributed by atoms with van der Waals surface area (Å²) in [5.74, 6) is 0.667. The molecule has 1 aromatic heterocycles. The smallest absolute Gasteiger partial charge is 0.256 e. The minimum absolute atomic E-state index is 0.150. The van der Waals surface area contributed by atoms with Crippen molar-refractivity contribution in [3.05, 3.63) is 47.1 Å². The number of morpholine rings is 1. The number of rotatable bonds is 4. The molecule has 0 aliphatic carbocycles. The molecule has 2 aliphatic heterocycles. The number of halogens is 1. The molecule has 8 nitrogen and oxygen atoms in total. The Kier molecular flexibility index (Phi) is 6.36. The summed E-state index contributed by atoms with van der Waals surface area (Å²) in [6.45, 7) is 4.80. The normalized spacial score (nSPS) is 17.7. The zero-order valence-corrected chi connectivity index (χ0v) is 18.9. The number of benzene rings is 1. The van der Waals surface area contributed by atoms with E-state index in [9.17, 15) is 13.2 Å². The topological polar surface area (TPSA) is 83.0 Å². The lowest BCUT2D eigenvalue weighted by molar-refractivity contribution is 0.0745. The van der Waals surface area contributed by atoms with Crippen LogP contribution in [0.4, 0.5) is 11.5 Å². The van der Waals surface area contributed by atoms with E-state index in [2.05, 4.69) is 14.8 Å². The fourth-order valence-corrected chi connectivity index (χ4v) is 4.62. The van der Waals surface area contributed by atoms with Gasteiger partial charge in [-0.2, -0.15) is 0 Å². The van der Waals surface area contributed by atoms with Crippen LogP contribution < -0.4 is 9.80 Å². The van der Waals surface area contributed by atoms with E-state index in [0.717, 1.165) is 17.8 Å². The third-order valence-electron chi connectivity index (χ3n) is 5.58. The largest absolute Gasteiger partial charge is 0.378 e. The summed E-state index contributed by atoms with van der Waals surface area (Å²) in [7, 11) is -3.43. The quantitative estimate of drug-likeness (QED) is 0.683. The molecule has 1 amide bonds. The predicted molar refractivity (Wildman–Crippen MR) is 120 cm³/mol. The SMILES string of the molecule is CS(=O)(=O)c1ccc(N2CCOCC2)c(C(=O)N2CCN(c3ccc(Cl)cn3)CC2)c1. The van der Waals surface area contributed by atoms with Crippen LogP contribution in [-0.4, -0.2) is 82.9 Å². The van der Waals surface area contributed by atoms with Crippen LogP contribution in [0.5, 0.6) is 0 Å². The van der Waals surface area contributed by atoms with Crippen LogP contribution in [0.15, 0.2) is 41.4 Å². The maximum atomic E-state index is 13.5.